The van der Waals surface area contributed by atoms with Gasteiger partial charge in [-0.05, 0) is 129 Å². The quantitative estimate of drug-likeness (QED) is 0.279. The van der Waals surface area contributed by atoms with Crippen molar-refractivity contribution < 1.29 is 29.3 Å². The van der Waals surface area contributed by atoms with E-state index < -0.39 is 29.1 Å². The van der Waals surface area contributed by atoms with Crippen LogP contribution in [0.3, 0.4) is 0 Å². The van der Waals surface area contributed by atoms with Crippen LogP contribution in [0.15, 0.2) is 11.1 Å². The lowest BCUT2D eigenvalue weighted by atomic mass is 9.33. The number of ether oxygens (including phenoxy) is 1. The first-order valence-electron chi connectivity index (χ1n) is 17.1. The second-order valence-corrected chi connectivity index (χ2v) is 17.7. The summed E-state index contributed by atoms with van der Waals surface area (Å²) in [4.78, 5) is 39.5. The predicted molar refractivity (Wildman–Crippen MR) is 169 cm³/mol. The average molecular weight is 615 g/mol. The number of rotatable bonds is 3. The minimum Gasteiger partial charge on any atom is -0.443 e. The molecule has 248 valence electrons. The smallest absolute Gasteiger partial charge is 0.426 e. The molecule has 5 aliphatic rings. The summed E-state index contributed by atoms with van der Waals surface area (Å²) in [6.45, 7) is 21.2. The van der Waals surface area contributed by atoms with E-state index in [-0.39, 0.29) is 51.8 Å². The van der Waals surface area contributed by atoms with Crippen LogP contribution in [0.5, 0.6) is 0 Å². The van der Waals surface area contributed by atoms with Crippen LogP contribution in [0.2, 0.25) is 0 Å². The van der Waals surface area contributed by atoms with Crippen LogP contribution in [0.4, 0.5) is 4.79 Å². The largest absolute Gasteiger partial charge is 0.443 e. The molecule has 44 heavy (non-hydrogen) atoms. The highest BCUT2D eigenvalue weighted by Gasteiger charge is 2.71. The number of hydrogen-bond acceptors (Lipinski definition) is 6. The Morgan fingerprint density at radius 2 is 1.55 bits per heavy atom. The topological polar surface area (TPSA) is 125 Å². The maximum absolute atomic E-state index is 13.8. The Labute approximate surface area is 264 Å². The van der Waals surface area contributed by atoms with E-state index in [0.717, 1.165) is 56.1 Å². The molecule has 8 heteroatoms. The van der Waals surface area contributed by atoms with Gasteiger partial charge in [-0.15, -0.1) is 0 Å². The summed E-state index contributed by atoms with van der Waals surface area (Å²) < 4.78 is 5.25. The molecule has 4 fully saturated rings. The molecule has 0 aromatic rings. The van der Waals surface area contributed by atoms with Crippen LogP contribution >= 0.6 is 0 Å². The maximum Gasteiger partial charge on any atom is 0.426 e. The van der Waals surface area contributed by atoms with Crippen molar-refractivity contribution in [1.82, 2.24) is 10.9 Å². The summed E-state index contributed by atoms with van der Waals surface area (Å²) in [7, 11) is 0. The number of aliphatic hydroxyl groups excluding tert-OH is 2. The lowest BCUT2D eigenvalue weighted by Gasteiger charge is -2.72. The van der Waals surface area contributed by atoms with Gasteiger partial charge >= 0.3 is 6.09 Å². The molecule has 0 aromatic carbocycles. The van der Waals surface area contributed by atoms with E-state index in [1.54, 1.807) is 20.8 Å². The van der Waals surface area contributed by atoms with E-state index in [1.807, 2.05) is 13.8 Å². The number of carbonyl (C=O) groups is 3. The number of aliphatic hydroxyl groups is 2. The average Bonchev–Trinajstić information content (AvgIpc) is 3.22. The molecule has 5 aliphatic carbocycles. The second kappa shape index (κ2) is 10.5. The van der Waals surface area contributed by atoms with Crippen molar-refractivity contribution in [3.63, 3.8) is 0 Å². The first kappa shape index (κ1) is 33.4. The highest BCUT2D eigenvalue weighted by Crippen LogP contribution is 2.76. The van der Waals surface area contributed by atoms with Crippen LogP contribution < -0.4 is 10.9 Å². The molecule has 0 spiro atoms. The summed E-state index contributed by atoms with van der Waals surface area (Å²) in [5, 5.41) is 22.8. The Balaban J connectivity index is 1.50. The van der Waals surface area contributed by atoms with Crippen molar-refractivity contribution in [3.05, 3.63) is 11.1 Å². The van der Waals surface area contributed by atoms with E-state index in [4.69, 9.17) is 4.74 Å². The van der Waals surface area contributed by atoms with Crippen molar-refractivity contribution in [2.75, 3.05) is 0 Å². The molecule has 0 radical (unpaired) electrons. The van der Waals surface area contributed by atoms with Crippen molar-refractivity contribution in [2.45, 2.75) is 145 Å². The van der Waals surface area contributed by atoms with E-state index in [2.05, 4.69) is 45.5 Å². The van der Waals surface area contributed by atoms with Crippen molar-refractivity contribution in [1.29, 1.82) is 0 Å². The zero-order chi connectivity index (χ0) is 32.8. The third kappa shape index (κ3) is 4.70. The van der Waals surface area contributed by atoms with Gasteiger partial charge in [-0.1, -0.05) is 48.5 Å². The first-order chi connectivity index (χ1) is 20.2. The maximum atomic E-state index is 13.8. The highest BCUT2D eigenvalue weighted by molar-refractivity contribution is 6.02. The van der Waals surface area contributed by atoms with E-state index >= 15 is 0 Å². The molecule has 0 aliphatic heterocycles. The minimum absolute atomic E-state index is 0.0173. The molecule has 0 bridgehead atoms. The fraction of sp³-hybridized carbons (Fsp3) is 0.861. The van der Waals surface area contributed by atoms with Gasteiger partial charge in [0.2, 0.25) is 0 Å². The van der Waals surface area contributed by atoms with Gasteiger partial charge < -0.3 is 14.9 Å². The zero-order valence-corrected chi connectivity index (χ0v) is 28.9. The van der Waals surface area contributed by atoms with Gasteiger partial charge in [0.25, 0.3) is 5.91 Å². The molecule has 9 atom stereocenters. The van der Waals surface area contributed by atoms with E-state index in [1.165, 1.54) is 0 Å². The Kier molecular flexibility index (Phi) is 8.01. The fourth-order valence-electron chi connectivity index (χ4n) is 11.7. The number of amides is 2. The molecule has 8 nitrogen and oxygen atoms in total. The van der Waals surface area contributed by atoms with Gasteiger partial charge in [-0.3, -0.25) is 15.0 Å². The Bertz CT molecular complexity index is 1250. The van der Waals surface area contributed by atoms with Crippen LogP contribution in [0.25, 0.3) is 0 Å². The lowest BCUT2D eigenvalue weighted by Crippen LogP contribution is -2.66. The van der Waals surface area contributed by atoms with Crippen molar-refractivity contribution in [3.8, 4) is 0 Å². The number of hydrogen-bond donors (Lipinski definition) is 4. The molecule has 0 heterocycles. The molecule has 1 unspecified atom stereocenters. The Morgan fingerprint density at radius 1 is 0.886 bits per heavy atom. The molecular formula is C36H58N2O6. The Hall–Kier alpha value is -1.93. The summed E-state index contributed by atoms with van der Waals surface area (Å²) >= 11 is 0. The summed E-state index contributed by atoms with van der Waals surface area (Å²) in [6, 6.07) is 0. The van der Waals surface area contributed by atoms with Gasteiger partial charge in [-0.25, -0.2) is 10.2 Å². The van der Waals surface area contributed by atoms with Crippen molar-refractivity contribution >= 4 is 17.8 Å². The standard InChI is InChI=1S/C36H58N2O6/c1-20(2)26-22(39)19-36(28(41)29(42)37-38-30(43)44-31(3,4)5)18-17-34(9)21(27(26)36)11-12-24-33(8)15-14-25(40)32(6,7)23(33)13-16-35(24,34)10/h20-21,23-25,28,40-41H,11-19H2,1-10H3,(H,37,42)(H,38,43)/t21-,23+,24-,25+,28?,33+,34-,35-,36-/m1/s1. The molecule has 2 amide bonds. The SMILES string of the molecule is CC(C)C1=C2[C@H]3CC[C@@H]4[C@@]5(C)CC[C@H](O)C(C)(C)[C@@H]5CC[C@@]4(C)[C@]3(C)CC[C@@]2(C(O)C(=O)NNC(=O)OC(C)(C)C)CC1=O. The number of hydrazine groups is 1. The fourth-order valence-corrected chi connectivity index (χ4v) is 11.7. The number of ketones is 1. The predicted octanol–water partition coefficient (Wildman–Crippen LogP) is 6.24. The third-order valence-electron chi connectivity index (χ3n) is 13.9. The minimum atomic E-state index is -1.48. The second-order valence-electron chi connectivity index (χ2n) is 17.7. The number of Topliss-reactive ketones (excluding diaryl/α,β-unsaturated/α-hetero) is 1. The molecule has 0 aromatic heterocycles. The number of fused-ring (bicyclic) bond motifs is 7. The first-order valence-corrected chi connectivity index (χ1v) is 17.1. The number of allylic oxidation sites excluding steroid dienone is 1. The molecule has 4 saturated carbocycles. The third-order valence-corrected chi connectivity index (χ3v) is 13.9. The molecule has 5 rings (SSSR count). The lowest BCUT2D eigenvalue weighted by molar-refractivity contribution is -0.230. The van der Waals surface area contributed by atoms with Crippen LogP contribution in [0.1, 0.15) is 127 Å². The normalized spacial score (nSPS) is 42.1. The van der Waals surface area contributed by atoms with Gasteiger partial charge in [0.1, 0.15) is 11.7 Å². The van der Waals surface area contributed by atoms with E-state index in [9.17, 15) is 24.6 Å². The van der Waals surface area contributed by atoms with Crippen LogP contribution in [-0.4, -0.2) is 45.8 Å². The van der Waals surface area contributed by atoms with Gasteiger partial charge in [-0.2, -0.15) is 0 Å². The highest BCUT2D eigenvalue weighted by atomic mass is 16.6. The van der Waals surface area contributed by atoms with Gasteiger partial charge in [0.15, 0.2) is 5.78 Å². The van der Waals surface area contributed by atoms with Crippen LogP contribution in [0, 0.1) is 50.7 Å². The summed E-state index contributed by atoms with van der Waals surface area (Å²) in [5.41, 5.74) is 4.70. The van der Waals surface area contributed by atoms with Gasteiger partial charge in [0, 0.05) is 11.8 Å². The molecular weight excluding hydrogens is 556 g/mol. The van der Waals surface area contributed by atoms with Crippen LogP contribution in [-0.2, 0) is 14.3 Å². The molecule has 4 N–H and O–H groups in total. The summed E-state index contributed by atoms with van der Waals surface area (Å²) in [5.74, 6) is 0.353. The number of nitrogens with one attached hydrogen (secondary N) is 2. The van der Waals surface area contributed by atoms with Gasteiger partial charge in [0.05, 0.1) is 6.10 Å². The Morgan fingerprint density at radius 3 is 2.16 bits per heavy atom. The number of carbonyl (C=O) groups excluding carboxylic acids is 3. The molecule has 0 saturated heterocycles. The van der Waals surface area contributed by atoms with E-state index in [0.29, 0.717) is 18.3 Å². The summed E-state index contributed by atoms with van der Waals surface area (Å²) in [6.07, 6.45) is 4.94. The zero-order valence-electron chi connectivity index (χ0n) is 28.9. The van der Waals surface area contributed by atoms with Crippen molar-refractivity contribution in [2.24, 2.45) is 50.7 Å². The monoisotopic (exact) mass is 614 g/mol.